The molecule has 1 aliphatic rings. The summed E-state index contributed by atoms with van der Waals surface area (Å²) in [6.07, 6.45) is 1.72. The number of hydrogen-bond acceptors (Lipinski definition) is 2. The maximum atomic E-state index is 12.0. The van der Waals surface area contributed by atoms with Gasteiger partial charge in [0, 0.05) is 13.1 Å². The van der Waals surface area contributed by atoms with Gasteiger partial charge in [0.05, 0.1) is 0 Å². The molecule has 18 heavy (non-hydrogen) atoms. The second-order valence-electron chi connectivity index (χ2n) is 5.92. The average molecular weight is 256 g/mol. The number of rotatable bonds is 4. The molecule has 104 valence electrons. The summed E-state index contributed by atoms with van der Waals surface area (Å²) in [5, 5.41) is 12.0. The third kappa shape index (κ3) is 3.37. The number of urea groups is 1. The van der Waals surface area contributed by atoms with Gasteiger partial charge in [-0.3, -0.25) is 0 Å². The van der Waals surface area contributed by atoms with Gasteiger partial charge in [-0.25, -0.2) is 9.59 Å². The lowest BCUT2D eigenvalue weighted by atomic mass is 9.90. The Morgan fingerprint density at radius 3 is 2.56 bits per heavy atom. The van der Waals surface area contributed by atoms with E-state index in [1.165, 1.54) is 4.90 Å². The Labute approximate surface area is 109 Å². The molecule has 0 radical (unpaired) electrons. The summed E-state index contributed by atoms with van der Waals surface area (Å²) in [6, 6.07) is -0.942. The second kappa shape index (κ2) is 5.59. The quantitative estimate of drug-likeness (QED) is 0.807. The number of likely N-dealkylation sites (tertiary alicyclic amines) is 1. The van der Waals surface area contributed by atoms with Gasteiger partial charge in [0.15, 0.2) is 0 Å². The van der Waals surface area contributed by atoms with Crippen LogP contribution in [0.4, 0.5) is 4.79 Å². The third-order valence-electron chi connectivity index (χ3n) is 3.89. The van der Waals surface area contributed by atoms with Gasteiger partial charge in [-0.05, 0) is 24.2 Å². The number of carboxylic acids is 1. The fraction of sp³-hybridized carbons (Fsp3) is 0.846. The highest BCUT2D eigenvalue weighted by molar-refractivity contribution is 5.83. The Kier molecular flexibility index (Phi) is 4.59. The predicted octanol–water partition coefficient (Wildman–Crippen LogP) is 1.93. The van der Waals surface area contributed by atoms with Crippen LogP contribution in [-0.4, -0.2) is 41.1 Å². The molecule has 2 atom stereocenters. The normalized spacial score (nSPS) is 24.1. The molecular formula is C13H24N2O3. The van der Waals surface area contributed by atoms with E-state index in [1.807, 2.05) is 6.92 Å². The van der Waals surface area contributed by atoms with Crippen LogP contribution in [0.25, 0.3) is 0 Å². The van der Waals surface area contributed by atoms with E-state index in [1.54, 1.807) is 0 Å². The molecule has 5 heteroatoms. The fourth-order valence-electron chi connectivity index (χ4n) is 2.09. The zero-order valence-corrected chi connectivity index (χ0v) is 11.7. The lowest BCUT2D eigenvalue weighted by Crippen LogP contribution is -2.49. The molecule has 2 N–H and O–H groups in total. The highest BCUT2D eigenvalue weighted by Gasteiger charge is 2.39. The summed E-state index contributed by atoms with van der Waals surface area (Å²) in [6.45, 7) is 9.20. The SMILES string of the molecule is CCC(C)(C)CNC(=O)N1CCC(C)C1C(=O)O. The molecule has 2 amide bonds. The smallest absolute Gasteiger partial charge is 0.326 e. The number of carbonyl (C=O) groups is 2. The molecule has 1 aliphatic heterocycles. The zero-order valence-electron chi connectivity index (χ0n) is 11.7. The Morgan fingerprint density at radius 2 is 2.06 bits per heavy atom. The van der Waals surface area contributed by atoms with E-state index in [0.29, 0.717) is 13.1 Å². The number of nitrogens with zero attached hydrogens (tertiary/aromatic N) is 1. The molecule has 0 spiro atoms. The topological polar surface area (TPSA) is 69.6 Å². The standard InChI is InChI=1S/C13H24N2O3/c1-5-13(3,4)8-14-12(18)15-7-6-9(2)10(15)11(16)17/h9-10H,5-8H2,1-4H3,(H,14,18)(H,16,17). The van der Waals surface area contributed by atoms with Gasteiger partial charge >= 0.3 is 12.0 Å². The maximum Gasteiger partial charge on any atom is 0.326 e. The summed E-state index contributed by atoms with van der Waals surface area (Å²) in [4.78, 5) is 24.6. The minimum absolute atomic E-state index is 0.0208. The number of nitrogens with one attached hydrogen (secondary N) is 1. The van der Waals surface area contributed by atoms with Gasteiger partial charge < -0.3 is 15.3 Å². The monoisotopic (exact) mass is 256 g/mol. The van der Waals surface area contributed by atoms with Crippen LogP contribution in [0.15, 0.2) is 0 Å². The van der Waals surface area contributed by atoms with Crippen LogP contribution in [0.2, 0.25) is 0 Å². The molecule has 1 rings (SSSR count). The van der Waals surface area contributed by atoms with E-state index in [9.17, 15) is 9.59 Å². The summed E-state index contributed by atoms with van der Waals surface area (Å²) in [5.74, 6) is -0.891. The van der Waals surface area contributed by atoms with Crippen molar-refractivity contribution in [2.24, 2.45) is 11.3 Å². The fourth-order valence-corrected chi connectivity index (χ4v) is 2.09. The molecule has 1 fully saturated rings. The summed E-state index contributed by atoms with van der Waals surface area (Å²) in [5.41, 5.74) is 0.0414. The van der Waals surface area contributed by atoms with Crippen molar-refractivity contribution in [2.45, 2.75) is 46.6 Å². The minimum atomic E-state index is -0.912. The van der Waals surface area contributed by atoms with Crippen LogP contribution >= 0.6 is 0 Å². The van der Waals surface area contributed by atoms with Crippen molar-refractivity contribution in [1.29, 1.82) is 0 Å². The van der Waals surface area contributed by atoms with Crippen LogP contribution in [0.5, 0.6) is 0 Å². The number of carboxylic acid groups (broad SMARTS) is 1. The lowest BCUT2D eigenvalue weighted by Gasteiger charge is -2.27. The summed E-state index contributed by atoms with van der Waals surface area (Å²) < 4.78 is 0. The lowest BCUT2D eigenvalue weighted by molar-refractivity contribution is -0.142. The van der Waals surface area contributed by atoms with Crippen LogP contribution in [0, 0.1) is 11.3 Å². The van der Waals surface area contributed by atoms with Gasteiger partial charge in [-0.15, -0.1) is 0 Å². The molecule has 2 unspecified atom stereocenters. The largest absolute Gasteiger partial charge is 0.480 e. The van der Waals surface area contributed by atoms with E-state index in [-0.39, 0.29) is 17.4 Å². The first kappa shape index (κ1) is 14.8. The van der Waals surface area contributed by atoms with Crippen molar-refractivity contribution in [3.8, 4) is 0 Å². The molecule has 0 bridgehead atoms. The first-order valence-electron chi connectivity index (χ1n) is 6.56. The number of hydrogen-bond donors (Lipinski definition) is 2. The Hall–Kier alpha value is -1.26. The highest BCUT2D eigenvalue weighted by Crippen LogP contribution is 2.24. The first-order valence-corrected chi connectivity index (χ1v) is 6.56. The Bertz CT molecular complexity index is 328. The van der Waals surface area contributed by atoms with Crippen molar-refractivity contribution in [3.05, 3.63) is 0 Å². The van der Waals surface area contributed by atoms with Crippen molar-refractivity contribution in [1.82, 2.24) is 10.2 Å². The van der Waals surface area contributed by atoms with Crippen molar-refractivity contribution >= 4 is 12.0 Å². The van der Waals surface area contributed by atoms with Crippen LogP contribution in [0.1, 0.15) is 40.5 Å². The van der Waals surface area contributed by atoms with Gasteiger partial charge in [0.1, 0.15) is 6.04 Å². The van der Waals surface area contributed by atoms with Crippen LogP contribution in [-0.2, 0) is 4.79 Å². The second-order valence-corrected chi connectivity index (χ2v) is 5.92. The molecule has 0 aromatic carbocycles. The Balaban J connectivity index is 2.59. The zero-order chi connectivity index (χ0) is 13.9. The molecular weight excluding hydrogens is 232 g/mol. The van der Waals surface area contributed by atoms with E-state index in [0.717, 1.165) is 12.8 Å². The molecule has 1 heterocycles. The van der Waals surface area contributed by atoms with Crippen molar-refractivity contribution in [2.75, 3.05) is 13.1 Å². The predicted molar refractivity (Wildman–Crippen MR) is 69.4 cm³/mol. The molecule has 5 nitrogen and oxygen atoms in total. The molecule has 0 aromatic heterocycles. The average Bonchev–Trinajstić information content (AvgIpc) is 2.68. The summed E-state index contributed by atoms with van der Waals surface area (Å²) in [7, 11) is 0. The summed E-state index contributed by atoms with van der Waals surface area (Å²) >= 11 is 0. The highest BCUT2D eigenvalue weighted by atomic mass is 16.4. The van der Waals surface area contributed by atoms with Gasteiger partial charge in [0.2, 0.25) is 0 Å². The van der Waals surface area contributed by atoms with Crippen LogP contribution < -0.4 is 5.32 Å². The van der Waals surface area contributed by atoms with E-state index in [2.05, 4.69) is 26.1 Å². The number of aliphatic carboxylic acids is 1. The molecule has 0 aromatic rings. The van der Waals surface area contributed by atoms with Gasteiger partial charge in [0.25, 0.3) is 0 Å². The molecule has 0 aliphatic carbocycles. The van der Waals surface area contributed by atoms with E-state index < -0.39 is 12.0 Å². The van der Waals surface area contributed by atoms with Crippen molar-refractivity contribution < 1.29 is 14.7 Å². The minimum Gasteiger partial charge on any atom is -0.480 e. The van der Waals surface area contributed by atoms with E-state index >= 15 is 0 Å². The number of amides is 2. The maximum absolute atomic E-state index is 12.0. The first-order chi connectivity index (χ1) is 8.28. The Morgan fingerprint density at radius 1 is 1.44 bits per heavy atom. The van der Waals surface area contributed by atoms with Gasteiger partial charge in [-0.1, -0.05) is 27.7 Å². The van der Waals surface area contributed by atoms with E-state index in [4.69, 9.17) is 5.11 Å². The van der Waals surface area contributed by atoms with Gasteiger partial charge in [-0.2, -0.15) is 0 Å². The third-order valence-corrected chi connectivity index (χ3v) is 3.89. The number of carbonyl (C=O) groups excluding carboxylic acids is 1. The van der Waals surface area contributed by atoms with Crippen LogP contribution in [0.3, 0.4) is 0 Å². The molecule has 0 saturated carbocycles. The molecule has 1 saturated heterocycles. The van der Waals surface area contributed by atoms with Crippen molar-refractivity contribution in [3.63, 3.8) is 0 Å².